The van der Waals surface area contributed by atoms with Gasteiger partial charge in [0, 0.05) is 26.7 Å². The van der Waals surface area contributed by atoms with Crippen LogP contribution in [0, 0.1) is 0 Å². The molecule has 1 rings (SSSR count). The lowest BCUT2D eigenvalue weighted by Gasteiger charge is -2.28. The normalized spacial score (nSPS) is 22.0. The van der Waals surface area contributed by atoms with Crippen molar-refractivity contribution in [3.63, 3.8) is 0 Å². The van der Waals surface area contributed by atoms with E-state index in [1.807, 2.05) is 6.92 Å². The largest absolute Gasteiger partial charge is 0.380 e. The number of ether oxygens (including phenoxy) is 1. The molecule has 0 aromatic carbocycles. The Labute approximate surface area is 72.9 Å². The lowest BCUT2D eigenvalue weighted by Crippen LogP contribution is -2.49. The molecule has 0 spiro atoms. The summed E-state index contributed by atoms with van der Waals surface area (Å²) in [5.41, 5.74) is 0. The molecule has 4 nitrogen and oxygen atoms in total. The Balaban J connectivity index is 2.27. The summed E-state index contributed by atoms with van der Waals surface area (Å²) in [4.78, 5) is 13.1. The number of carbonyl (C=O) groups is 1. The molecule has 1 N–H and O–H groups in total. The molecule has 0 radical (unpaired) electrons. The Hall–Kier alpha value is -0.610. The first kappa shape index (κ1) is 9.48. The van der Waals surface area contributed by atoms with Gasteiger partial charge in [-0.3, -0.25) is 9.69 Å². The second kappa shape index (κ2) is 4.42. The van der Waals surface area contributed by atoms with Crippen molar-refractivity contribution in [1.82, 2.24) is 10.2 Å². The molecule has 1 fully saturated rings. The standard InChI is InChI=1S/C8H16N2O2/c1-7(12-2)5-10-4-3-9-8(11)6-10/h7H,3-6H2,1-2H3,(H,9,11). The number of hydrogen-bond acceptors (Lipinski definition) is 3. The van der Waals surface area contributed by atoms with E-state index in [4.69, 9.17) is 4.74 Å². The van der Waals surface area contributed by atoms with Crippen LogP contribution in [0.5, 0.6) is 0 Å². The molecule has 1 unspecified atom stereocenters. The van der Waals surface area contributed by atoms with Crippen LogP contribution >= 0.6 is 0 Å². The molecule has 1 aliphatic heterocycles. The molecule has 0 aromatic heterocycles. The molecule has 12 heavy (non-hydrogen) atoms. The van der Waals surface area contributed by atoms with Gasteiger partial charge >= 0.3 is 0 Å². The molecule has 1 atom stereocenters. The van der Waals surface area contributed by atoms with Crippen LogP contribution in [-0.4, -0.2) is 50.2 Å². The molecule has 1 aliphatic rings. The third-order valence-electron chi connectivity index (χ3n) is 2.04. The van der Waals surface area contributed by atoms with Gasteiger partial charge in [-0.1, -0.05) is 0 Å². The Morgan fingerprint density at radius 1 is 1.75 bits per heavy atom. The van der Waals surface area contributed by atoms with Crippen LogP contribution < -0.4 is 5.32 Å². The Morgan fingerprint density at radius 2 is 2.50 bits per heavy atom. The third-order valence-corrected chi connectivity index (χ3v) is 2.04. The van der Waals surface area contributed by atoms with Crippen LogP contribution in [0.3, 0.4) is 0 Å². The van der Waals surface area contributed by atoms with Crippen LogP contribution in [0.25, 0.3) is 0 Å². The van der Waals surface area contributed by atoms with Gasteiger partial charge in [-0.05, 0) is 6.92 Å². The zero-order valence-corrected chi connectivity index (χ0v) is 7.67. The van der Waals surface area contributed by atoms with E-state index in [-0.39, 0.29) is 12.0 Å². The SMILES string of the molecule is COC(C)CN1CCNC(=O)C1. The molecule has 0 aliphatic carbocycles. The minimum absolute atomic E-state index is 0.115. The summed E-state index contributed by atoms with van der Waals surface area (Å²) in [6.07, 6.45) is 0.205. The average molecular weight is 172 g/mol. The van der Waals surface area contributed by atoms with Gasteiger partial charge in [0.05, 0.1) is 12.6 Å². The van der Waals surface area contributed by atoms with Crippen LogP contribution in [-0.2, 0) is 9.53 Å². The van der Waals surface area contributed by atoms with E-state index in [1.54, 1.807) is 7.11 Å². The highest BCUT2D eigenvalue weighted by molar-refractivity contribution is 5.78. The van der Waals surface area contributed by atoms with Crippen LogP contribution in [0.2, 0.25) is 0 Å². The van der Waals surface area contributed by atoms with E-state index in [0.717, 1.165) is 19.6 Å². The van der Waals surface area contributed by atoms with Crippen molar-refractivity contribution in [1.29, 1.82) is 0 Å². The van der Waals surface area contributed by atoms with Crippen LogP contribution in [0.1, 0.15) is 6.92 Å². The number of carbonyl (C=O) groups excluding carboxylic acids is 1. The van der Waals surface area contributed by atoms with Crippen molar-refractivity contribution in [2.75, 3.05) is 33.3 Å². The van der Waals surface area contributed by atoms with Gasteiger partial charge < -0.3 is 10.1 Å². The highest BCUT2D eigenvalue weighted by Gasteiger charge is 2.17. The Bertz CT molecular complexity index is 161. The average Bonchev–Trinajstić information content (AvgIpc) is 2.04. The number of methoxy groups -OCH3 is 1. The fourth-order valence-electron chi connectivity index (χ4n) is 1.29. The van der Waals surface area contributed by atoms with Gasteiger partial charge in [0.1, 0.15) is 0 Å². The second-order valence-electron chi connectivity index (χ2n) is 3.13. The predicted molar refractivity (Wildman–Crippen MR) is 45.9 cm³/mol. The number of nitrogens with one attached hydrogen (secondary N) is 1. The van der Waals surface area contributed by atoms with E-state index in [2.05, 4.69) is 10.2 Å². The molecular formula is C8H16N2O2. The maximum Gasteiger partial charge on any atom is 0.234 e. The lowest BCUT2D eigenvalue weighted by molar-refractivity contribution is -0.124. The van der Waals surface area contributed by atoms with Gasteiger partial charge in [0.25, 0.3) is 0 Å². The molecule has 1 heterocycles. The molecule has 0 saturated carbocycles. The number of hydrogen-bond donors (Lipinski definition) is 1. The van der Waals surface area contributed by atoms with Crippen molar-refractivity contribution in [3.8, 4) is 0 Å². The molecule has 70 valence electrons. The number of piperazine rings is 1. The Morgan fingerprint density at radius 3 is 3.08 bits per heavy atom. The van der Waals surface area contributed by atoms with Gasteiger partial charge in [0.15, 0.2) is 0 Å². The predicted octanol–water partition coefficient (Wildman–Crippen LogP) is -0.547. The number of rotatable bonds is 3. The second-order valence-corrected chi connectivity index (χ2v) is 3.13. The van der Waals surface area contributed by atoms with Crippen molar-refractivity contribution in [2.45, 2.75) is 13.0 Å². The topological polar surface area (TPSA) is 41.6 Å². The number of amides is 1. The molecule has 0 aromatic rings. The van der Waals surface area contributed by atoms with Crippen LogP contribution in [0.4, 0.5) is 0 Å². The van der Waals surface area contributed by atoms with Crippen molar-refractivity contribution >= 4 is 5.91 Å². The zero-order valence-electron chi connectivity index (χ0n) is 7.67. The van der Waals surface area contributed by atoms with Gasteiger partial charge in [-0.15, -0.1) is 0 Å². The van der Waals surface area contributed by atoms with E-state index in [0.29, 0.717) is 6.54 Å². The van der Waals surface area contributed by atoms with Gasteiger partial charge in [0.2, 0.25) is 5.91 Å². The minimum Gasteiger partial charge on any atom is -0.380 e. The first-order valence-electron chi connectivity index (χ1n) is 4.24. The minimum atomic E-state index is 0.115. The molecule has 4 heteroatoms. The van der Waals surface area contributed by atoms with Gasteiger partial charge in [-0.25, -0.2) is 0 Å². The van der Waals surface area contributed by atoms with Crippen molar-refractivity contribution in [3.05, 3.63) is 0 Å². The van der Waals surface area contributed by atoms with Crippen molar-refractivity contribution < 1.29 is 9.53 Å². The number of nitrogens with zero attached hydrogens (tertiary/aromatic N) is 1. The maximum atomic E-state index is 10.9. The zero-order chi connectivity index (χ0) is 8.97. The summed E-state index contributed by atoms with van der Waals surface area (Å²) in [5.74, 6) is 0.115. The maximum absolute atomic E-state index is 10.9. The smallest absolute Gasteiger partial charge is 0.234 e. The summed E-state index contributed by atoms with van der Waals surface area (Å²) < 4.78 is 5.11. The summed E-state index contributed by atoms with van der Waals surface area (Å²) in [7, 11) is 1.69. The summed E-state index contributed by atoms with van der Waals surface area (Å²) in [5, 5.41) is 2.78. The highest BCUT2D eigenvalue weighted by atomic mass is 16.5. The summed E-state index contributed by atoms with van der Waals surface area (Å²) in [6.45, 7) is 5.04. The highest BCUT2D eigenvalue weighted by Crippen LogP contribution is 1.97. The van der Waals surface area contributed by atoms with Gasteiger partial charge in [-0.2, -0.15) is 0 Å². The third kappa shape index (κ3) is 2.79. The summed E-state index contributed by atoms with van der Waals surface area (Å²) in [6, 6.07) is 0. The van der Waals surface area contributed by atoms with Crippen LogP contribution in [0.15, 0.2) is 0 Å². The Kier molecular flexibility index (Phi) is 3.49. The first-order valence-corrected chi connectivity index (χ1v) is 4.24. The fourth-order valence-corrected chi connectivity index (χ4v) is 1.29. The molecule has 0 bridgehead atoms. The fraction of sp³-hybridized carbons (Fsp3) is 0.875. The molecule has 1 amide bonds. The monoisotopic (exact) mass is 172 g/mol. The summed E-state index contributed by atoms with van der Waals surface area (Å²) >= 11 is 0. The lowest BCUT2D eigenvalue weighted by atomic mass is 10.3. The van der Waals surface area contributed by atoms with Crippen molar-refractivity contribution in [2.24, 2.45) is 0 Å². The quantitative estimate of drug-likeness (QED) is 0.621. The molecule has 1 saturated heterocycles. The van der Waals surface area contributed by atoms with E-state index in [9.17, 15) is 4.79 Å². The van der Waals surface area contributed by atoms with E-state index in [1.165, 1.54) is 0 Å². The first-order chi connectivity index (χ1) is 5.72. The molecular weight excluding hydrogens is 156 g/mol. The van der Waals surface area contributed by atoms with E-state index >= 15 is 0 Å². The van der Waals surface area contributed by atoms with E-state index < -0.39 is 0 Å².